The molecule has 0 radical (unpaired) electrons. The lowest BCUT2D eigenvalue weighted by molar-refractivity contribution is 0.0973. The molecule has 8 nitrogen and oxygen atoms in total. The summed E-state index contributed by atoms with van der Waals surface area (Å²) in [5.74, 6) is 1.70. The highest BCUT2D eigenvalue weighted by atomic mass is 32.2. The first-order valence-corrected chi connectivity index (χ1v) is 10.9. The van der Waals surface area contributed by atoms with E-state index in [9.17, 15) is 4.79 Å². The molecule has 0 atom stereocenters. The van der Waals surface area contributed by atoms with Gasteiger partial charge in [0.1, 0.15) is 5.69 Å². The van der Waals surface area contributed by atoms with E-state index in [1.165, 1.54) is 23.1 Å². The molecule has 2 aliphatic rings. The van der Waals surface area contributed by atoms with Crippen LogP contribution in [0.2, 0.25) is 0 Å². The van der Waals surface area contributed by atoms with Gasteiger partial charge in [0, 0.05) is 22.9 Å². The molecule has 0 aliphatic carbocycles. The van der Waals surface area contributed by atoms with Gasteiger partial charge in [-0.05, 0) is 17.7 Å². The molecular formula is C20H15N5O3S2. The van der Waals surface area contributed by atoms with Crippen LogP contribution < -0.4 is 20.1 Å². The summed E-state index contributed by atoms with van der Waals surface area (Å²) in [6.45, 7) is 0.221. The van der Waals surface area contributed by atoms with Gasteiger partial charge in [0.15, 0.2) is 21.8 Å². The predicted octanol–water partition coefficient (Wildman–Crippen LogP) is 3.85. The first kappa shape index (κ1) is 18.6. The van der Waals surface area contributed by atoms with Crippen molar-refractivity contribution in [3.05, 3.63) is 65.2 Å². The number of anilines is 2. The third-order valence-corrected chi connectivity index (χ3v) is 5.93. The fourth-order valence-electron chi connectivity index (χ4n) is 2.83. The van der Waals surface area contributed by atoms with Gasteiger partial charge in [-0.1, -0.05) is 42.1 Å². The Morgan fingerprint density at radius 3 is 2.73 bits per heavy atom. The van der Waals surface area contributed by atoms with Gasteiger partial charge >= 0.3 is 0 Å². The molecule has 2 aliphatic heterocycles. The third-order valence-electron chi connectivity index (χ3n) is 4.30. The fourth-order valence-corrected chi connectivity index (χ4v) is 4.30. The Morgan fingerprint density at radius 2 is 1.90 bits per heavy atom. The number of benzene rings is 2. The van der Waals surface area contributed by atoms with E-state index in [4.69, 9.17) is 9.47 Å². The maximum Gasteiger partial charge on any atom is 0.276 e. The van der Waals surface area contributed by atoms with Crippen molar-refractivity contribution in [2.24, 2.45) is 10.2 Å². The van der Waals surface area contributed by atoms with Crippen LogP contribution in [0.3, 0.4) is 0 Å². The highest BCUT2D eigenvalue weighted by Gasteiger charge is 2.18. The molecule has 0 saturated heterocycles. The first-order chi connectivity index (χ1) is 14.7. The van der Waals surface area contributed by atoms with Crippen LogP contribution in [-0.2, 0) is 0 Å². The molecule has 2 N–H and O–H groups in total. The molecule has 1 amide bonds. The van der Waals surface area contributed by atoms with Crippen LogP contribution in [0, 0.1) is 0 Å². The molecule has 0 spiro atoms. The summed E-state index contributed by atoms with van der Waals surface area (Å²) in [6.07, 6.45) is 0. The Balaban J connectivity index is 1.23. The van der Waals surface area contributed by atoms with E-state index in [0.29, 0.717) is 33.2 Å². The Morgan fingerprint density at radius 1 is 1.03 bits per heavy atom. The Kier molecular flexibility index (Phi) is 5.08. The van der Waals surface area contributed by atoms with Crippen molar-refractivity contribution in [2.45, 2.75) is 0 Å². The number of amidine groups is 1. The first-order valence-electron chi connectivity index (χ1n) is 9.01. The maximum atomic E-state index is 12.5. The van der Waals surface area contributed by atoms with Crippen molar-refractivity contribution in [1.82, 2.24) is 10.3 Å². The second-order valence-corrected chi connectivity index (χ2v) is 8.11. The standard InChI is InChI=1S/C20H15N5O3S2/c26-18(23-20-25-24-14(9-30-20)12-4-2-1-3-5-12)15-10-29-19(22-15)21-13-6-7-16-17(8-13)28-11-27-16/h1-8,10H,9,11H2,(H,21,22)(H,23,25,26). The minimum atomic E-state index is -0.324. The van der Waals surface area contributed by atoms with Crippen LogP contribution in [0.15, 0.2) is 64.1 Å². The summed E-state index contributed by atoms with van der Waals surface area (Å²) in [4.78, 5) is 16.9. The topological polar surface area (TPSA) is 97.2 Å². The summed E-state index contributed by atoms with van der Waals surface area (Å²) in [6, 6.07) is 15.4. The number of hydrogen-bond donors (Lipinski definition) is 2. The molecule has 0 unspecified atom stereocenters. The quantitative estimate of drug-likeness (QED) is 0.644. The number of nitrogens with one attached hydrogen (secondary N) is 2. The number of carbonyl (C=O) groups excluding carboxylic acids is 1. The lowest BCUT2D eigenvalue weighted by Crippen LogP contribution is -2.30. The average Bonchev–Trinajstić information content (AvgIpc) is 3.44. The molecule has 10 heteroatoms. The van der Waals surface area contributed by atoms with Crippen molar-refractivity contribution in [3.8, 4) is 11.5 Å². The normalized spacial score (nSPS) is 14.7. The monoisotopic (exact) mass is 437 g/mol. The SMILES string of the molecule is O=C(NC1=NN=C(c2ccccc2)CS1)c1csc(Nc2ccc3c(c2)OCO3)n1. The van der Waals surface area contributed by atoms with Gasteiger partial charge in [-0.2, -0.15) is 5.10 Å². The fraction of sp³-hybridized carbons (Fsp3) is 0.100. The number of aromatic nitrogens is 1. The van der Waals surface area contributed by atoms with Gasteiger partial charge in [-0.3, -0.25) is 10.1 Å². The molecule has 2 aromatic carbocycles. The second kappa shape index (κ2) is 8.17. The maximum absolute atomic E-state index is 12.5. The third kappa shape index (κ3) is 4.00. The average molecular weight is 438 g/mol. The molecular weight excluding hydrogens is 422 g/mol. The number of ether oxygens (including phenoxy) is 2. The van der Waals surface area contributed by atoms with Crippen molar-refractivity contribution in [3.63, 3.8) is 0 Å². The molecule has 1 aromatic heterocycles. The van der Waals surface area contributed by atoms with Crippen molar-refractivity contribution in [1.29, 1.82) is 0 Å². The minimum absolute atomic E-state index is 0.221. The number of hydrogen-bond acceptors (Lipinski definition) is 9. The van der Waals surface area contributed by atoms with E-state index in [1.807, 2.05) is 48.5 Å². The number of carbonyl (C=O) groups is 1. The van der Waals surface area contributed by atoms with Crippen molar-refractivity contribution >= 4 is 50.7 Å². The molecule has 3 heterocycles. The number of rotatable bonds is 4. The zero-order valence-electron chi connectivity index (χ0n) is 15.5. The van der Waals surface area contributed by atoms with E-state index in [0.717, 1.165) is 17.0 Å². The molecule has 0 fully saturated rings. The summed E-state index contributed by atoms with van der Waals surface area (Å²) in [7, 11) is 0. The lowest BCUT2D eigenvalue weighted by Gasteiger charge is -2.12. The van der Waals surface area contributed by atoms with E-state index in [-0.39, 0.29) is 12.7 Å². The smallest absolute Gasteiger partial charge is 0.276 e. The van der Waals surface area contributed by atoms with Gasteiger partial charge in [0.05, 0.1) is 5.71 Å². The number of thiazole rings is 1. The number of nitrogens with zero attached hydrogens (tertiary/aromatic N) is 3. The molecule has 5 rings (SSSR count). The molecule has 30 heavy (non-hydrogen) atoms. The Hall–Kier alpha value is -3.37. The number of amides is 1. The summed E-state index contributed by atoms with van der Waals surface area (Å²) < 4.78 is 10.7. The van der Waals surface area contributed by atoms with E-state index in [2.05, 4.69) is 25.8 Å². The van der Waals surface area contributed by atoms with Gasteiger partial charge in [-0.15, -0.1) is 16.4 Å². The Labute approximate surface area is 180 Å². The molecule has 0 bridgehead atoms. The van der Waals surface area contributed by atoms with Gasteiger partial charge < -0.3 is 14.8 Å². The lowest BCUT2D eigenvalue weighted by atomic mass is 10.1. The molecule has 150 valence electrons. The zero-order chi connectivity index (χ0) is 20.3. The summed E-state index contributed by atoms with van der Waals surface area (Å²) in [5.41, 5.74) is 3.01. The second-order valence-electron chi connectivity index (χ2n) is 6.29. The summed E-state index contributed by atoms with van der Waals surface area (Å²) in [5, 5.41) is 17.0. The van der Waals surface area contributed by atoms with Gasteiger partial charge in [-0.25, -0.2) is 4.98 Å². The van der Waals surface area contributed by atoms with Crippen LogP contribution in [0.5, 0.6) is 11.5 Å². The van der Waals surface area contributed by atoms with E-state index < -0.39 is 0 Å². The van der Waals surface area contributed by atoms with Crippen molar-refractivity contribution in [2.75, 3.05) is 17.9 Å². The van der Waals surface area contributed by atoms with Gasteiger partial charge in [0.25, 0.3) is 5.91 Å². The van der Waals surface area contributed by atoms with E-state index in [1.54, 1.807) is 5.38 Å². The Bertz CT molecular complexity index is 1160. The van der Waals surface area contributed by atoms with E-state index >= 15 is 0 Å². The van der Waals surface area contributed by atoms with Crippen LogP contribution >= 0.6 is 23.1 Å². The highest BCUT2D eigenvalue weighted by molar-refractivity contribution is 8.14. The number of thioether (sulfide) groups is 1. The molecule has 3 aromatic rings. The van der Waals surface area contributed by atoms with Crippen molar-refractivity contribution < 1.29 is 14.3 Å². The summed E-state index contributed by atoms with van der Waals surface area (Å²) >= 11 is 2.77. The van der Waals surface area contributed by atoms with Crippen LogP contribution in [-0.4, -0.2) is 34.3 Å². The minimum Gasteiger partial charge on any atom is -0.454 e. The largest absolute Gasteiger partial charge is 0.454 e. The van der Waals surface area contributed by atoms with Gasteiger partial charge in [0.2, 0.25) is 6.79 Å². The van der Waals surface area contributed by atoms with Crippen LogP contribution in [0.1, 0.15) is 16.1 Å². The zero-order valence-corrected chi connectivity index (χ0v) is 17.1. The van der Waals surface area contributed by atoms with Crippen LogP contribution in [0.25, 0.3) is 0 Å². The number of fused-ring (bicyclic) bond motifs is 1. The molecule has 0 saturated carbocycles. The highest BCUT2D eigenvalue weighted by Crippen LogP contribution is 2.35. The predicted molar refractivity (Wildman–Crippen MR) is 118 cm³/mol. The van der Waals surface area contributed by atoms with Crippen LogP contribution in [0.4, 0.5) is 10.8 Å².